The molecule has 0 amide bonds. The van der Waals surface area contributed by atoms with Crippen molar-refractivity contribution in [2.75, 3.05) is 26.2 Å². The van der Waals surface area contributed by atoms with Gasteiger partial charge in [-0.1, -0.05) is 12.1 Å². The van der Waals surface area contributed by atoms with Crippen LogP contribution in [0.25, 0.3) is 0 Å². The summed E-state index contributed by atoms with van der Waals surface area (Å²) in [5.74, 6) is 0.859. The predicted molar refractivity (Wildman–Crippen MR) is 95.5 cm³/mol. The molecule has 20 heavy (non-hydrogen) atoms. The van der Waals surface area contributed by atoms with Crippen molar-refractivity contribution in [2.24, 2.45) is 5.92 Å². The standard InChI is InChI=1S/C16H23IN2.ClH/c17-15-7-5-14(6-8-15)16-4-2-10-19(16)12-13-3-1-9-18-11-13;/h5-8,13,16,18H,1-4,9-12H2;1H. The number of nitrogens with one attached hydrogen (secondary N) is 1. The van der Waals surface area contributed by atoms with E-state index in [1.165, 1.54) is 61.0 Å². The molecule has 2 aliphatic heterocycles. The number of benzene rings is 1. The Labute approximate surface area is 142 Å². The molecule has 112 valence electrons. The topological polar surface area (TPSA) is 15.3 Å². The number of hydrogen-bond acceptors (Lipinski definition) is 2. The maximum absolute atomic E-state index is 3.54. The van der Waals surface area contributed by atoms with Crippen LogP contribution in [0.15, 0.2) is 24.3 Å². The Kier molecular flexibility index (Phi) is 6.59. The van der Waals surface area contributed by atoms with Crippen LogP contribution < -0.4 is 5.32 Å². The first-order valence-electron chi connectivity index (χ1n) is 7.53. The van der Waals surface area contributed by atoms with E-state index < -0.39 is 0 Å². The van der Waals surface area contributed by atoms with Crippen LogP contribution in [0.3, 0.4) is 0 Å². The lowest BCUT2D eigenvalue weighted by molar-refractivity contribution is 0.195. The molecule has 0 spiro atoms. The summed E-state index contributed by atoms with van der Waals surface area (Å²) in [6, 6.07) is 9.80. The minimum atomic E-state index is 0. The first kappa shape index (κ1) is 16.5. The second kappa shape index (κ2) is 7.97. The molecule has 2 saturated heterocycles. The Morgan fingerprint density at radius 3 is 2.65 bits per heavy atom. The molecule has 0 bridgehead atoms. The fraction of sp³-hybridized carbons (Fsp3) is 0.625. The highest BCUT2D eigenvalue weighted by atomic mass is 127. The van der Waals surface area contributed by atoms with Gasteiger partial charge in [0, 0.05) is 16.2 Å². The van der Waals surface area contributed by atoms with Crippen LogP contribution >= 0.6 is 35.0 Å². The molecule has 4 heteroatoms. The third kappa shape index (κ3) is 4.09. The zero-order valence-corrected chi connectivity index (χ0v) is 14.8. The van der Waals surface area contributed by atoms with Crippen molar-refractivity contribution in [1.82, 2.24) is 10.2 Å². The summed E-state index contributed by atoms with van der Waals surface area (Å²) in [6.45, 7) is 5.00. The number of hydrogen-bond donors (Lipinski definition) is 1. The van der Waals surface area contributed by atoms with Crippen LogP contribution in [0.2, 0.25) is 0 Å². The molecular weight excluding hydrogens is 383 g/mol. The number of rotatable bonds is 3. The molecule has 0 saturated carbocycles. The largest absolute Gasteiger partial charge is 0.316 e. The van der Waals surface area contributed by atoms with Crippen molar-refractivity contribution in [3.05, 3.63) is 33.4 Å². The van der Waals surface area contributed by atoms with E-state index in [4.69, 9.17) is 0 Å². The minimum Gasteiger partial charge on any atom is -0.316 e. The van der Waals surface area contributed by atoms with Crippen LogP contribution in [0.5, 0.6) is 0 Å². The van der Waals surface area contributed by atoms with Gasteiger partial charge in [0.15, 0.2) is 0 Å². The van der Waals surface area contributed by atoms with Crippen molar-refractivity contribution in [1.29, 1.82) is 0 Å². The average molecular weight is 407 g/mol. The van der Waals surface area contributed by atoms with E-state index >= 15 is 0 Å². The lowest BCUT2D eigenvalue weighted by Gasteiger charge is -2.31. The molecule has 1 aromatic rings. The number of halogens is 2. The summed E-state index contributed by atoms with van der Waals surface area (Å²) in [7, 11) is 0. The Balaban J connectivity index is 0.00000147. The van der Waals surface area contributed by atoms with E-state index in [0.717, 1.165) is 5.92 Å². The Hall–Kier alpha value is 0.160. The van der Waals surface area contributed by atoms with Gasteiger partial charge < -0.3 is 5.32 Å². The molecule has 2 heterocycles. The zero-order chi connectivity index (χ0) is 13.1. The van der Waals surface area contributed by atoms with Gasteiger partial charge >= 0.3 is 0 Å². The molecule has 2 fully saturated rings. The third-order valence-electron chi connectivity index (χ3n) is 4.51. The summed E-state index contributed by atoms with van der Waals surface area (Å²) in [5.41, 5.74) is 1.52. The van der Waals surface area contributed by atoms with Crippen LogP contribution in [-0.4, -0.2) is 31.1 Å². The summed E-state index contributed by atoms with van der Waals surface area (Å²) in [6.07, 6.45) is 5.45. The monoisotopic (exact) mass is 406 g/mol. The van der Waals surface area contributed by atoms with Gasteiger partial charge in [-0.3, -0.25) is 4.90 Å². The SMILES string of the molecule is Cl.Ic1ccc(C2CCCN2CC2CCCNC2)cc1. The second-order valence-electron chi connectivity index (χ2n) is 5.92. The molecular formula is C16H24ClIN2. The molecule has 0 aliphatic carbocycles. The Bertz CT molecular complexity index is 403. The van der Waals surface area contributed by atoms with E-state index in [0.29, 0.717) is 6.04 Å². The molecule has 1 aromatic carbocycles. The van der Waals surface area contributed by atoms with Crippen molar-refractivity contribution in [2.45, 2.75) is 31.7 Å². The molecule has 0 radical (unpaired) electrons. The van der Waals surface area contributed by atoms with Crippen molar-refractivity contribution >= 4 is 35.0 Å². The second-order valence-corrected chi connectivity index (χ2v) is 7.16. The van der Waals surface area contributed by atoms with E-state index in [2.05, 4.69) is 57.1 Å². The number of likely N-dealkylation sites (tertiary alicyclic amines) is 1. The third-order valence-corrected chi connectivity index (χ3v) is 5.23. The summed E-state index contributed by atoms with van der Waals surface area (Å²) >= 11 is 2.39. The molecule has 2 nitrogen and oxygen atoms in total. The van der Waals surface area contributed by atoms with Gasteiger partial charge in [-0.2, -0.15) is 0 Å². The molecule has 0 aromatic heterocycles. The normalized spacial score (nSPS) is 27.2. The smallest absolute Gasteiger partial charge is 0.0348 e. The Morgan fingerprint density at radius 1 is 1.15 bits per heavy atom. The van der Waals surface area contributed by atoms with Crippen molar-refractivity contribution < 1.29 is 0 Å². The van der Waals surface area contributed by atoms with Crippen LogP contribution in [0.1, 0.15) is 37.3 Å². The lowest BCUT2D eigenvalue weighted by atomic mass is 9.97. The summed E-state index contributed by atoms with van der Waals surface area (Å²) in [4.78, 5) is 2.72. The van der Waals surface area contributed by atoms with E-state index in [1.54, 1.807) is 0 Å². The number of nitrogens with zero attached hydrogens (tertiary/aromatic N) is 1. The van der Waals surface area contributed by atoms with Gasteiger partial charge in [0.1, 0.15) is 0 Å². The van der Waals surface area contributed by atoms with Gasteiger partial charge in [-0.05, 0) is 91.5 Å². The van der Waals surface area contributed by atoms with E-state index in [1.807, 2.05) is 0 Å². The molecule has 2 atom stereocenters. The predicted octanol–water partition coefficient (Wildman–Crippen LogP) is 3.85. The van der Waals surface area contributed by atoms with Gasteiger partial charge in [0.2, 0.25) is 0 Å². The molecule has 2 aliphatic rings. The highest BCUT2D eigenvalue weighted by molar-refractivity contribution is 14.1. The molecule has 3 rings (SSSR count). The fourth-order valence-electron chi connectivity index (χ4n) is 3.52. The average Bonchev–Trinajstić information content (AvgIpc) is 2.89. The first-order valence-corrected chi connectivity index (χ1v) is 8.61. The van der Waals surface area contributed by atoms with E-state index in [9.17, 15) is 0 Å². The number of piperidine rings is 1. The zero-order valence-electron chi connectivity index (χ0n) is 11.9. The van der Waals surface area contributed by atoms with Gasteiger partial charge in [-0.25, -0.2) is 0 Å². The van der Waals surface area contributed by atoms with Gasteiger partial charge in [0.25, 0.3) is 0 Å². The quantitative estimate of drug-likeness (QED) is 0.767. The highest BCUT2D eigenvalue weighted by Crippen LogP contribution is 2.33. The van der Waals surface area contributed by atoms with Crippen LogP contribution in [0, 0.1) is 9.49 Å². The first-order chi connectivity index (χ1) is 9.33. The van der Waals surface area contributed by atoms with Gasteiger partial charge in [0.05, 0.1) is 0 Å². The van der Waals surface area contributed by atoms with Crippen molar-refractivity contribution in [3.63, 3.8) is 0 Å². The fourth-order valence-corrected chi connectivity index (χ4v) is 3.88. The van der Waals surface area contributed by atoms with Crippen LogP contribution in [0.4, 0.5) is 0 Å². The van der Waals surface area contributed by atoms with Gasteiger partial charge in [-0.15, -0.1) is 12.4 Å². The molecule has 1 N–H and O–H groups in total. The lowest BCUT2D eigenvalue weighted by Crippen LogP contribution is -2.38. The van der Waals surface area contributed by atoms with E-state index in [-0.39, 0.29) is 12.4 Å². The minimum absolute atomic E-state index is 0. The van der Waals surface area contributed by atoms with Crippen molar-refractivity contribution in [3.8, 4) is 0 Å². The molecule has 2 unspecified atom stereocenters. The Morgan fingerprint density at radius 2 is 1.95 bits per heavy atom. The maximum atomic E-state index is 3.54. The summed E-state index contributed by atoms with van der Waals surface area (Å²) in [5, 5.41) is 3.54. The maximum Gasteiger partial charge on any atom is 0.0348 e. The highest BCUT2D eigenvalue weighted by Gasteiger charge is 2.28. The van der Waals surface area contributed by atoms with Crippen LogP contribution in [-0.2, 0) is 0 Å². The summed E-state index contributed by atoms with van der Waals surface area (Å²) < 4.78 is 1.34.